The Morgan fingerprint density at radius 1 is 1.17 bits per heavy atom. The predicted octanol–water partition coefficient (Wildman–Crippen LogP) is -0.182. The van der Waals surface area contributed by atoms with Crippen molar-refractivity contribution in [2.24, 2.45) is 5.14 Å². The zero-order chi connectivity index (χ0) is 8.48. The van der Waals surface area contributed by atoms with Gasteiger partial charge in [-0.25, -0.2) is 13.6 Å². The normalized spacial score (nSPS) is 10.5. The molecule has 4 nitrogen and oxygen atoms in total. The molecule has 0 aliphatic heterocycles. The molecule has 0 spiro atoms. The molecule has 5 heteroatoms. The Morgan fingerprint density at radius 2 is 1.58 bits per heavy atom. The van der Waals surface area contributed by atoms with Gasteiger partial charge in [-0.1, -0.05) is 17.7 Å². The van der Waals surface area contributed by atoms with Crippen molar-refractivity contribution in [3.05, 3.63) is 29.8 Å². The first-order chi connectivity index (χ1) is 5.00. The molecule has 0 heterocycles. The Labute approximate surface area is 71.4 Å². The van der Waals surface area contributed by atoms with Gasteiger partial charge in [-0.05, 0) is 19.1 Å². The minimum absolute atomic E-state index is 0. The first-order valence-electron chi connectivity index (χ1n) is 3.09. The molecule has 0 bridgehead atoms. The number of nitrogens with two attached hydrogens (primary N) is 1. The molecule has 0 aromatic heterocycles. The second kappa shape index (κ2) is 3.66. The van der Waals surface area contributed by atoms with Crippen molar-refractivity contribution in [2.75, 3.05) is 0 Å². The van der Waals surface area contributed by atoms with Crippen molar-refractivity contribution in [2.45, 2.75) is 11.8 Å². The molecule has 0 radical (unpaired) electrons. The summed E-state index contributed by atoms with van der Waals surface area (Å²) in [6, 6.07) is 6.40. The third-order valence-electron chi connectivity index (χ3n) is 1.35. The van der Waals surface area contributed by atoms with E-state index in [0.29, 0.717) is 0 Å². The van der Waals surface area contributed by atoms with Gasteiger partial charge in [-0.15, -0.1) is 0 Å². The van der Waals surface area contributed by atoms with Gasteiger partial charge < -0.3 is 5.48 Å². The molecule has 0 aliphatic carbocycles. The van der Waals surface area contributed by atoms with E-state index in [0.717, 1.165) is 5.56 Å². The highest BCUT2D eigenvalue weighted by Crippen LogP contribution is 2.06. The van der Waals surface area contributed by atoms with Gasteiger partial charge in [-0.3, -0.25) is 0 Å². The van der Waals surface area contributed by atoms with E-state index in [4.69, 9.17) is 5.14 Å². The van der Waals surface area contributed by atoms with Crippen LogP contribution in [-0.2, 0) is 10.0 Å². The smallest absolute Gasteiger partial charge is 0.238 e. The lowest BCUT2D eigenvalue weighted by Gasteiger charge is -1.96. The third kappa shape index (κ3) is 2.61. The predicted molar refractivity (Wildman–Crippen MR) is 46.2 cm³/mol. The highest BCUT2D eigenvalue weighted by molar-refractivity contribution is 7.89. The summed E-state index contributed by atoms with van der Waals surface area (Å²) in [5, 5.41) is 4.88. The fourth-order valence-corrected chi connectivity index (χ4v) is 1.24. The van der Waals surface area contributed by atoms with E-state index in [-0.39, 0.29) is 10.4 Å². The van der Waals surface area contributed by atoms with E-state index in [1.54, 1.807) is 12.1 Å². The quantitative estimate of drug-likeness (QED) is 0.663. The molecule has 4 N–H and O–H groups in total. The summed E-state index contributed by atoms with van der Waals surface area (Å²) >= 11 is 0. The van der Waals surface area contributed by atoms with E-state index in [1.165, 1.54) is 12.1 Å². The van der Waals surface area contributed by atoms with Crippen LogP contribution in [0, 0.1) is 6.92 Å². The lowest BCUT2D eigenvalue weighted by Crippen LogP contribution is -2.11. The zero-order valence-corrected chi connectivity index (χ0v) is 7.43. The average Bonchev–Trinajstić information content (AvgIpc) is 1.86. The molecule has 1 aromatic rings. The van der Waals surface area contributed by atoms with E-state index < -0.39 is 10.0 Å². The Balaban J connectivity index is 0.00000121. The van der Waals surface area contributed by atoms with Gasteiger partial charge >= 0.3 is 0 Å². The van der Waals surface area contributed by atoms with Gasteiger partial charge in [0.15, 0.2) is 0 Å². The Hall–Kier alpha value is -0.910. The molecule has 0 saturated heterocycles. The maximum absolute atomic E-state index is 10.7. The summed E-state index contributed by atoms with van der Waals surface area (Å²) in [7, 11) is -3.52. The van der Waals surface area contributed by atoms with Crippen LogP contribution in [0.4, 0.5) is 0 Å². The summed E-state index contributed by atoms with van der Waals surface area (Å²) in [5.41, 5.74) is 1.01. The van der Waals surface area contributed by atoms with Crippen LogP contribution in [-0.4, -0.2) is 13.9 Å². The molecule has 0 aliphatic rings. The van der Waals surface area contributed by atoms with Crippen molar-refractivity contribution in [3.8, 4) is 0 Å². The van der Waals surface area contributed by atoms with E-state index in [1.807, 2.05) is 6.92 Å². The fourth-order valence-electron chi connectivity index (χ4n) is 0.728. The molecule has 68 valence electrons. The van der Waals surface area contributed by atoms with Crippen molar-refractivity contribution < 1.29 is 13.9 Å². The van der Waals surface area contributed by atoms with Crippen molar-refractivity contribution >= 4 is 10.0 Å². The maximum Gasteiger partial charge on any atom is 0.238 e. The molecule has 12 heavy (non-hydrogen) atoms. The Morgan fingerprint density at radius 3 is 1.92 bits per heavy atom. The molecule has 0 amide bonds. The van der Waals surface area contributed by atoms with Gasteiger partial charge in [0.2, 0.25) is 10.0 Å². The second-order valence-electron chi connectivity index (χ2n) is 2.36. The number of hydrogen-bond donors (Lipinski definition) is 1. The first kappa shape index (κ1) is 11.1. The lowest BCUT2D eigenvalue weighted by atomic mass is 10.2. The molecular formula is C7H11NO3S. The molecule has 0 atom stereocenters. The number of primary sulfonamides is 1. The number of aryl methyl sites for hydroxylation is 1. The average molecular weight is 189 g/mol. The van der Waals surface area contributed by atoms with Crippen LogP contribution in [0.25, 0.3) is 0 Å². The van der Waals surface area contributed by atoms with Crippen molar-refractivity contribution in [1.29, 1.82) is 0 Å². The first-order valence-corrected chi connectivity index (χ1v) is 4.64. The van der Waals surface area contributed by atoms with Gasteiger partial charge in [0.25, 0.3) is 0 Å². The number of sulfonamides is 1. The molecule has 0 unspecified atom stereocenters. The Bertz CT molecular complexity index is 341. The SMILES string of the molecule is Cc1ccc(S(N)(=O)=O)cc1.O. The van der Waals surface area contributed by atoms with E-state index in [2.05, 4.69) is 0 Å². The molecule has 0 fully saturated rings. The van der Waals surface area contributed by atoms with Crippen LogP contribution >= 0.6 is 0 Å². The highest BCUT2D eigenvalue weighted by atomic mass is 32.2. The molecule has 1 rings (SSSR count). The minimum atomic E-state index is -3.52. The largest absolute Gasteiger partial charge is 0.412 e. The molecule has 0 saturated carbocycles. The summed E-state index contributed by atoms with van der Waals surface area (Å²) in [6.45, 7) is 1.88. The van der Waals surface area contributed by atoms with Gasteiger partial charge in [-0.2, -0.15) is 0 Å². The van der Waals surface area contributed by atoms with E-state index >= 15 is 0 Å². The Kier molecular flexibility index (Phi) is 3.38. The zero-order valence-electron chi connectivity index (χ0n) is 6.61. The van der Waals surface area contributed by atoms with Crippen LogP contribution in [0.5, 0.6) is 0 Å². The van der Waals surface area contributed by atoms with Crippen LogP contribution in [0.15, 0.2) is 29.2 Å². The third-order valence-corrected chi connectivity index (χ3v) is 2.28. The van der Waals surface area contributed by atoms with Gasteiger partial charge in [0, 0.05) is 0 Å². The number of rotatable bonds is 1. The van der Waals surface area contributed by atoms with E-state index in [9.17, 15) is 8.42 Å². The summed E-state index contributed by atoms with van der Waals surface area (Å²) in [5.74, 6) is 0. The molecular weight excluding hydrogens is 178 g/mol. The standard InChI is InChI=1S/C7H9NO2S.H2O/c1-6-2-4-7(5-3-6)11(8,9)10;/h2-5H,1H3,(H2,8,9,10);1H2. The lowest BCUT2D eigenvalue weighted by molar-refractivity contribution is 0.598. The van der Waals surface area contributed by atoms with Crippen molar-refractivity contribution in [3.63, 3.8) is 0 Å². The molecule has 1 aromatic carbocycles. The second-order valence-corrected chi connectivity index (χ2v) is 3.92. The topological polar surface area (TPSA) is 91.7 Å². The van der Waals surface area contributed by atoms with Gasteiger partial charge in [0.05, 0.1) is 4.90 Å². The summed E-state index contributed by atoms with van der Waals surface area (Å²) in [4.78, 5) is 0.156. The van der Waals surface area contributed by atoms with Crippen LogP contribution in [0.1, 0.15) is 5.56 Å². The minimum Gasteiger partial charge on any atom is -0.412 e. The maximum atomic E-state index is 10.7. The summed E-state index contributed by atoms with van der Waals surface area (Å²) < 4.78 is 21.4. The van der Waals surface area contributed by atoms with Crippen LogP contribution < -0.4 is 5.14 Å². The fraction of sp³-hybridized carbons (Fsp3) is 0.143. The number of benzene rings is 1. The van der Waals surface area contributed by atoms with Crippen molar-refractivity contribution in [1.82, 2.24) is 0 Å². The summed E-state index contributed by atoms with van der Waals surface area (Å²) in [6.07, 6.45) is 0. The van der Waals surface area contributed by atoms with Gasteiger partial charge in [0.1, 0.15) is 0 Å². The van der Waals surface area contributed by atoms with Crippen LogP contribution in [0.2, 0.25) is 0 Å². The van der Waals surface area contributed by atoms with Crippen LogP contribution in [0.3, 0.4) is 0 Å². The monoisotopic (exact) mass is 189 g/mol. The number of hydrogen-bond acceptors (Lipinski definition) is 2. The highest BCUT2D eigenvalue weighted by Gasteiger charge is 2.04.